The van der Waals surface area contributed by atoms with Crippen LogP contribution >= 0.6 is 0 Å². The first kappa shape index (κ1) is 24.2. The summed E-state index contributed by atoms with van der Waals surface area (Å²) in [6, 6.07) is 16.3. The largest absolute Gasteiger partial charge is 0.507 e. The third kappa shape index (κ3) is 5.66. The summed E-state index contributed by atoms with van der Waals surface area (Å²) in [6.07, 6.45) is 0. The van der Waals surface area contributed by atoms with Gasteiger partial charge in [-0.25, -0.2) is 13.2 Å². The van der Waals surface area contributed by atoms with Crippen molar-refractivity contribution >= 4 is 39.0 Å². The molecule has 0 heterocycles. The van der Waals surface area contributed by atoms with Gasteiger partial charge in [0.25, 0.3) is 21.6 Å². The van der Waals surface area contributed by atoms with Gasteiger partial charge in [0.05, 0.1) is 9.82 Å². The molecule has 3 rings (SSSR count). The summed E-state index contributed by atoms with van der Waals surface area (Å²) in [7, 11) is -2.71. The molecule has 0 aliphatic carbocycles. The van der Waals surface area contributed by atoms with Gasteiger partial charge in [0, 0.05) is 30.6 Å². The number of sulfonamides is 1. The first-order chi connectivity index (χ1) is 16.1. The molecule has 176 valence electrons. The van der Waals surface area contributed by atoms with E-state index in [2.05, 4.69) is 4.72 Å². The predicted octanol–water partition coefficient (Wildman–Crippen LogP) is 2.92. The van der Waals surface area contributed by atoms with Crippen LogP contribution in [0.5, 0.6) is 5.75 Å². The molecule has 3 aromatic carbocycles. The van der Waals surface area contributed by atoms with Gasteiger partial charge in [-0.05, 0) is 42.5 Å². The Kier molecular flexibility index (Phi) is 7.12. The number of likely N-dealkylation sites (N-methyl/N-ethyl adjacent to an activating group) is 1. The maximum absolute atomic E-state index is 12.7. The second-order valence-electron chi connectivity index (χ2n) is 6.95. The minimum absolute atomic E-state index is 0.0531. The Morgan fingerprint density at radius 2 is 1.71 bits per heavy atom. The smallest absolute Gasteiger partial charge is 0.342 e. The number of phenols is 1. The van der Waals surface area contributed by atoms with E-state index in [1.165, 1.54) is 24.1 Å². The summed E-state index contributed by atoms with van der Waals surface area (Å²) in [5.74, 6) is -2.18. The fourth-order valence-corrected chi connectivity index (χ4v) is 3.89. The number of aromatic hydroxyl groups is 1. The molecule has 1 amide bonds. The fraction of sp³-hybridized carbons (Fsp3) is 0.0909. The summed E-state index contributed by atoms with van der Waals surface area (Å²) in [6.45, 7) is -0.637. The molecule has 3 aromatic rings. The first-order valence-corrected chi connectivity index (χ1v) is 11.2. The van der Waals surface area contributed by atoms with Crippen LogP contribution in [0.4, 0.5) is 17.1 Å². The van der Waals surface area contributed by atoms with Crippen LogP contribution in [0.1, 0.15) is 10.4 Å². The average molecular weight is 485 g/mol. The number of carbonyl (C=O) groups is 2. The molecule has 11 nitrogen and oxygen atoms in total. The number of nitrogens with zero attached hydrogens (tertiary/aromatic N) is 2. The maximum Gasteiger partial charge on any atom is 0.342 e. The molecule has 34 heavy (non-hydrogen) atoms. The quantitative estimate of drug-likeness (QED) is 0.280. The van der Waals surface area contributed by atoms with Gasteiger partial charge in [0.2, 0.25) is 0 Å². The minimum Gasteiger partial charge on any atom is -0.507 e. The Hall–Kier alpha value is -4.45. The summed E-state index contributed by atoms with van der Waals surface area (Å²) < 4.78 is 32.5. The number of nitro groups is 1. The molecule has 0 aliphatic rings. The van der Waals surface area contributed by atoms with Gasteiger partial charge in [-0.2, -0.15) is 0 Å². The number of ether oxygens (including phenoxy) is 1. The number of rotatable bonds is 8. The highest BCUT2D eigenvalue weighted by Gasteiger charge is 2.22. The number of benzene rings is 3. The number of amides is 1. The lowest BCUT2D eigenvalue weighted by Gasteiger charge is -2.17. The van der Waals surface area contributed by atoms with Crippen LogP contribution in [0.3, 0.4) is 0 Å². The number of para-hydroxylation sites is 1. The van der Waals surface area contributed by atoms with E-state index >= 15 is 0 Å². The zero-order valence-corrected chi connectivity index (χ0v) is 18.6. The number of phenolic OH excluding ortho intramolecular Hbond substituents is 1. The number of carbonyl (C=O) groups excluding carboxylic acids is 2. The Balaban J connectivity index is 1.72. The van der Waals surface area contributed by atoms with E-state index in [1.807, 2.05) is 0 Å². The number of esters is 1. The Morgan fingerprint density at radius 1 is 1.06 bits per heavy atom. The summed E-state index contributed by atoms with van der Waals surface area (Å²) in [5, 5.41) is 20.8. The van der Waals surface area contributed by atoms with Crippen molar-refractivity contribution < 1.29 is 32.8 Å². The summed E-state index contributed by atoms with van der Waals surface area (Å²) in [5.41, 5.74) is -0.0408. The highest BCUT2D eigenvalue weighted by atomic mass is 32.2. The second kappa shape index (κ2) is 10.0. The van der Waals surface area contributed by atoms with Crippen molar-refractivity contribution in [3.05, 3.63) is 88.5 Å². The van der Waals surface area contributed by atoms with E-state index < -0.39 is 44.7 Å². The van der Waals surface area contributed by atoms with Crippen molar-refractivity contribution in [3.8, 4) is 5.75 Å². The van der Waals surface area contributed by atoms with E-state index in [0.29, 0.717) is 5.69 Å². The normalized spacial score (nSPS) is 10.9. The van der Waals surface area contributed by atoms with Gasteiger partial charge in [0.15, 0.2) is 6.61 Å². The number of nitrogens with one attached hydrogen (secondary N) is 1. The van der Waals surface area contributed by atoms with E-state index in [4.69, 9.17) is 4.74 Å². The summed E-state index contributed by atoms with van der Waals surface area (Å²) >= 11 is 0. The van der Waals surface area contributed by atoms with E-state index in [9.17, 15) is 33.2 Å². The molecule has 0 atom stereocenters. The van der Waals surface area contributed by atoms with Gasteiger partial charge in [0.1, 0.15) is 11.3 Å². The van der Waals surface area contributed by atoms with Crippen LogP contribution in [-0.2, 0) is 19.6 Å². The highest BCUT2D eigenvalue weighted by molar-refractivity contribution is 7.92. The molecule has 0 spiro atoms. The van der Waals surface area contributed by atoms with Gasteiger partial charge < -0.3 is 14.7 Å². The molecule has 0 aromatic heterocycles. The second-order valence-corrected chi connectivity index (χ2v) is 8.64. The van der Waals surface area contributed by atoms with Gasteiger partial charge in [-0.15, -0.1) is 0 Å². The SMILES string of the molecule is CN(C(=O)COC(=O)c1cc(S(=O)(=O)Nc2ccc([N+](=O)[O-])cc2)ccc1O)c1ccccc1. The predicted molar refractivity (Wildman–Crippen MR) is 122 cm³/mol. The highest BCUT2D eigenvalue weighted by Crippen LogP contribution is 2.25. The number of nitro benzene ring substituents is 1. The van der Waals surface area contributed by atoms with Crippen molar-refractivity contribution in [2.45, 2.75) is 4.90 Å². The molecule has 0 radical (unpaired) electrons. The Morgan fingerprint density at radius 3 is 2.32 bits per heavy atom. The lowest BCUT2D eigenvalue weighted by Crippen LogP contribution is -2.31. The van der Waals surface area contributed by atoms with Crippen LogP contribution in [0.15, 0.2) is 77.7 Å². The van der Waals surface area contributed by atoms with E-state index in [0.717, 1.165) is 30.3 Å². The maximum atomic E-state index is 12.7. The third-order valence-electron chi connectivity index (χ3n) is 4.67. The van der Waals surface area contributed by atoms with Crippen LogP contribution in [0.2, 0.25) is 0 Å². The molecule has 12 heteroatoms. The van der Waals surface area contributed by atoms with Crippen molar-refractivity contribution in [2.24, 2.45) is 0 Å². The van der Waals surface area contributed by atoms with Crippen LogP contribution in [-0.4, -0.2) is 44.0 Å². The van der Waals surface area contributed by atoms with Crippen molar-refractivity contribution in [3.63, 3.8) is 0 Å². The molecule has 0 fully saturated rings. The monoisotopic (exact) mass is 485 g/mol. The molecule has 2 N–H and O–H groups in total. The molecular formula is C22H19N3O8S. The van der Waals surface area contributed by atoms with Gasteiger partial charge >= 0.3 is 5.97 Å². The third-order valence-corrected chi connectivity index (χ3v) is 6.05. The van der Waals surface area contributed by atoms with Crippen molar-refractivity contribution in [1.29, 1.82) is 0 Å². The molecular weight excluding hydrogens is 466 g/mol. The van der Waals surface area contributed by atoms with Crippen molar-refractivity contribution in [2.75, 3.05) is 23.3 Å². The lowest BCUT2D eigenvalue weighted by molar-refractivity contribution is -0.384. The first-order valence-electron chi connectivity index (χ1n) is 9.67. The molecule has 0 bridgehead atoms. The number of hydrogen-bond donors (Lipinski definition) is 2. The van der Waals surface area contributed by atoms with Crippen molar-refractivity contribution in [1.82, 2.24) is 0 Å². The zero-order chi connectivity index (χ0) is 24.9. The average Bonchev–Trinajstić information content (AvgIpc) is 2.82. The van der Waals surface area contributed by atoms with Gasteiger partial charge in [-0.3, -0.25) is 19.6 Å². The number of non-ortho nitro benzene ring substituents is 1. The van der Waals surface area contributed by atoms with Gasteiger partial charge in [-0.1, -0.05) is 18.2 Å². The standard InChI is InChI=1S/C22H19N3O8S/c1-24(16-5-3-2-4-6-16)21(27)14-33-22(28)19-13-18(11-12-20(19)26)34(31,32)23-15-7-9-17(10-8-15)25(29)30/h2-13,23,26H,14H2,1H3. The Bertz CT molecular complexity index is 1330. The zero-order valence-electron chi connectivity index (χ0n) is 17.7. The molecule has 0 unspecified atom stereocenters. The molecule has 0 saturated carbocycles. The lowest BCUT2D eigenvalue weighted by atomic mass is 10.2. The van der Waals surface area contributed by atoms with Crippen LogP contribution in [0, 0.1) is 10.1 Å². The van der Waals surface area contributed by atoms with Crippen LogP contribution in [0.25, 0.3) is 0 Å². The summed E-state index contributed by atoms with van der Waals surface area (Å²) in [4.78, 5) is 35.7. The van der Waals surface area contributed by atoms with Crippen LogP contribution < -0.4 is 9.62 Å². The fourth-order valence-electron chi connectivity index (χ4n) is 2.81. The molecule has 0 saturated heterocycles. The number of anilines is 2. The molecule has 0 aliphatic heterocycles. The Labute approximate surface area is 194 Å². The number of hydrogen-bond acceptors (Lipinski definition) is 8. The van der Waals surface area contributed by atoms with E-state index in [1.54, 1.807) is 30.3 Å². The minimum atomic E-state index is -4.21. The topological polar surface area (TPSA) is 156 Å². The van der Waals surface area contributed by atoms with E-state index in [-0.39, 0.29) is 16.3 Å².